The minimum Gasteiger partial charge on any atom is -0.497 e. The van der Waals surface area contributed by atoms with Crippen molar-refractivity contribution in [2.75, 3.05) is 13.7 Å². The summed E-state index contributed by atoms with van der Waals surface area (Å²) in [6, 6.07) is 22.7. The molecule has 0 spiro atoms. The summed E-state index contributed by atoms with van der Waals surface area (Å²) < 4.78 is 13.8. The second kappa shape index (κ2) is 9.04. The zero-order valence-electron chi connectivity index (χ0n) is 17.9. The third-order valence-electron chi connectivity index (χ3n) is 5.41. The molecule has 0 unspecified atom stereocenters. The van der Waals surface area contributed by atoms with Crippen LogP contribution >= 0.6 is 0 Å². The first-order valence-corrected chi connectivity index (χ1v) is 10.5. The first-order valence-electron chi connectivity index (χ1n) is 10.5. The Kier molecular flexibility index (Phi) is 6.03. The van der Waals surface area contributed by atoms with Gasteiger partial charge in [-0.15, -0.1) is 0 Å². The van der Waals surface area contributed by atoms with Crippen molar-refractivity contribution < 1.29 is 9.47 Å². The van der Waals surface area contributed by atoms with E-state index in [-0.39, 0.29) is 0 Å². The van der Waals surface area contributed by atoms with Gasteiger partial charge in [-0.3, -0.25) is 0 Å². The summed E-state index contributed by atoms with van der Waals surface area (Å²) in [4.78, 5) is 4.90. The summed E-state index contributed by atoms with van der Waals surface area (Å²) in [6.07, 6.45) is 2.00. The normalized spacial score (nSPS) is 11.0. The highest BCUT2D eigenvalue weighted by atomic mass is 16.5. The Morgan fingerprint density at radius 2 is 1.63 bits per heavy atom. The lowest BCUT2D eigenvalue weighted by atomic mass is 10.1. The summed E-state index contributed by atoms with van der Waals surface area (Å²) in [6.45, 7) is 5.80. The second-order valence-electron chi connectivity index (χ2n) is 7.58. The van der Waals surface area contributed by atoms with Gasteiger partial charge >= 0.3 is 0 Å². The van der Waals surface area contributed by atoms with Crippen LogP contribution in [0.5, 0.6) is 11.5 Å². The van der Waals surface area contributed by atoms with Crippen molar-refractivity contribution in [3.63, 3.8) is 0 Å². The average Bonchev–Trinajstić information content (AvgIpc) is 3.14. The summed E-state index contributed by atoms with van der Waals surface area (Å²) in [7, 11) is 1.69. The number of fused-ring (bicyclic) bond motifs is 1. The summed E-state index contributed by atoms with van der Waals surface area (Å²) >= 11 is 0. The van der Waals surface area contributed by atoms with Crippen molar-refractivity contribution in [2.45, 2.75) is 33.2 Å². The lowest BCUT2D eigenvalue weighted by Gasteiger charge is -2.13. The van der Waals surface area contributed by atoms with Crippen molar-refractivity contribution in [1.82, 2.24) is 9.55 Å². The maximum Gasteiger partial charge on any atom is 0.141 e. The number of benzene rings is 3. The molecule has 4 nitrogen and oxygen atoms in total. The second-order valence-corrected chi connectivity index (χ2v) is 7.58. The van der Waals surface area contributed by atoms with E-state index in [4.69, 9.17) is 14.5 Å². The smallest absolute Gasteiger partial charge is 0.141 e. The Labute approximate surface area is 178 Å². The topological polar surface area (TPSA) is 36.3 Å². The van der Waals surface area contributed by atoms with Crippen molar-refractivity contribution in [3.05, 3.63) is 77.9 Å². The summed E-state index contributed by atoms with van der Waals surface area (Å²) in [5, 5.41) is 0. The van der Waals surface area contributed by atoms with Crippen LogP contribution in [0.25, 0.3) is 22.4 Å². The van der Waals surface area contributed by atoms with Gasteiger partial charge in [0.25, 0.3) is 0 Å². The third-order valence-corrected chi connectivity index (χ3v) is 5.41. The van der Waals surface area contributed by atoms with Crippen LogP contribution in [0.15, 0.2) is 66.7 Å². The molecule has 0 saturated carbocycles. The van der Waals surface area contributed by atoms with Gasteiger partial charge in [-0.25, -0.2) is 4.98 Å². The standard InChI is InChI=1S/C26H28N2O2/c1-19-10-8-11-20(2)25(19)30-17-7-6-16-28-24-15-5-4-14-23(24)27-26(28)21-12-9-13-22(18-21)29-3/h4-5,8-15,18H,6-7,16-17H2,1-3H3. The molecule has 0 aliphatic carbocycles. The highest BCUT2D eigenvalue weighted by molar-refractivity contribution is 5.80. The van der Waals surface area contributed by atoms with E-state index in [9.17, 15) is 0 Å². The molecule has 4 aromatic rings. The molecule has 1 heterocycles. The number of aryl methyl sites for hydroxylation is 3. The lowest BCUT2D eigenvalue weighted by molar-refractivity contribution is 0.300. The van der Waals surface area contributed by atoms with Gasteiger partial charge in [0.1, 0.15) is 17.3 Å². The molecular formula is C26H28N2O2. The Bertz CT molecular complexity index is 1130. The van der Waals surface area contributed by atoms with Crippen molar-refractivity contribution in [2.24, 2.45) is 0 Å². The van der Waals surface area contributed by atoms with E-state index in [2.05, 4.69) is 60.9 Å². The molecule has 4 heteroatoms. The Morgan fingerprint density at radius 1 is 0.867 bits per heavy atom. The highest BCUT2D eigenvalue weighted by Crippen LogP contribution is 2.28. The van der Waals surface area contributed by atoms with Crippen LogP contribution in [-0.2, 0) is 6.54 Å². The Hall–Kier alpha value is -3.27. The molecule has 0 N–H and O–H groups in total. The fourth-order valence-electron chi connectivity index (χ4n) is 3.86. The number of para-hydroxylation sites is 3. The molecule has 0 bridgehead atoms. The average molecular weight is 401 g/mol. The quantitative estimate of drug-likeness (QED) is 0.331. The first kappa shape index (κ1) is 20.0. The minimum absolute atomic E-state index is 0.715. The van der Waals surface area contributed by atoms with Crippen LogP contribution < -0.4 is 9.47 Å². The highest BCUT2D eigenvalue weighted by Gasteiger charge is 2.13. The predicted molar refractivity (Wildman–Crippen MR) is 122 cm³/mol. The van der Waals surface area contributed by atoms with E-state index in [0.29, 0.717) is 6.61 Å². The van der Waals surface area contributed by atoms with Gasteiger partial charge in [0.05, 0.1) is 24.8 Å². The number of hydrogen-bond acceptors (Lipinski definition) is 3. The van der Waals surface area contributed by atoms with Crippen LogP contribution in [0.3, 0.4) is 0 Å². The van der Waals surface area contributed by atoms with Gasteiger partial charge in [0.2, 0.25) is 0 Å². The number of hydrogen-bond donors (Lipinski definition) is 0. The van der Waals surface area contributed by atoms with Gasteiger partial charge < -0.3 is 14.0 Å². The molecule has 0 radical (unpaired) electrons. The molecule has 0 aliphatic rings. The largest absolute Gasteiger partial charge is 0.497 e. The molecule has 0 fully saturated rings. The van der Waals surface area contributed by atoms with Gasteiger partial charge in [-0.2, -0.15) is 0 Å². The van der Waals surface area contributed by atoms with Crippen LogP contribution in [0.2, 0.25) is 0 Å². The molecule has 0 amide bonds. The van der Waals surface area contributed by atoms with Crippen molar-refractivity contribution >= 4 is 11.0 Å². The van der Waals surface area contributed by atoms with E-state index < -0.39 is 0 Å². The van der Waals surface area contributed by atoms with Gasteiger partial charge in [0.15, 0.2) is 0 Å². The SMILES string of the molecule is COc1cccc(-c2nc3ccccc3n2CCCCOc2c(C)cccc2C)c1. The fraction of sp³-hybridized carbons (Fsp3) is 0.269. The molecule has 0 saturated heterocycles. The minimum atomic E-state index is 0.715. The van der Waals surface area contributed by atoms with Gasteiger partial charge in [0, 0.05) is 12.1 Å². The van der Waals surface area contributed by atoms with Crippen LogP contribution in [-0.4, -0.2) is 23.3 Å². The predicted octanol–water partition coefficient (Wildman–Crippen LogP) is 6.19. The molecule has 4 rings (SSSR count). The number of nitrogens with zero attached hydrogens (tertiary/aromatic N) is 2. The maximum absolute atomic E-state index is 6.08. The monoisotopic (exact) mass is 400 g/mol. The third kappa shape index (κ3) is 4.18. The number of imidazole rings is 1. The van der Waals surface area contributed by atoms with Crippen LogP contribution in [0, 0.1) is 13.8 Å². The molecule has 0 aliphatic heterocycles. The number of aromatic nitrogens is 2. The Balaban J connectivity index is 1.49. The van der Waals surface area contributed by atoms with Gasteiger partial charge in [-0.05, 0) is 62.1 Å². The van der Waals surface area contributed by atoms with E-state index in [1.54, 1.807) is 7.11 Å². The first-order chi connectivity index (χ1) is 14.7. The van der Waals surface area contributed by atoms with Crippen LogP contribution in [0.4, 0.5) is 0 Å². The summed E-state index contributed by atoms with van der Waals surface area (Å²) in [5.74, 6) is 2.83. The molecule has 3 aromatic carbocycles. The van der Waals surface area contributed by atoms with Gasteiger partial charge in [-0.1, -0.05) is 42.5 Å². The molecule has 0 atom stereocenters. The fourth-order valence-corrected chi connectivity index (χ4v) is 3.86. The van der Waals surface area contributed by atoms with Crippen molar-refractivity contribution in [1.29, 1.82) is 0 Å². The van der Waals surface area contributed by atoms with Crippen LogP contribution in [0.1, 0.15) is 24.0 Å². The number of methoxy groups -OCH3 is 1. The zero-order chi connectivity index (χ0) is 20.9. The Morgan fingerprint density at radius 3 is 2.43 bits per heavy atom. The van der Waals surface area contributed by atoms with Crippen molar-refractivity contribution in [3.8, 4) is 22.9 Å². The van der Waals surface area contributed by atoms with E-state index in [1.165, 1.54) is 11.1 Å². The number of unbranched alkanes of at least 4 members (excludes halogenated alkanes) is 1. The summed E-state index contributed by atoms with van der Waals surface area (Å²) in [5.41, 5.74) is 5.62. The lowest BCUT2D eigenvalue weighted by Crippen LogP contribution is -2.05. The number of ether oxygens (including phenoxy) is 2. The maximum atomic E-state index is 6.08. The molecule has 1 aromatic heterocycles. The van der Waals surface area contributed by atoms with E-state index >= 15 is 0 Å². The zero-order valence-corrected chi connectivity index (χ0v) is 17.9. The molecule has 154 valence electrons. The molecule has 30 heavy (non-hydrogen) atoms. The van der Waals surface area contributed by atoms with E-state index in [0.717, 1.165) is 53.3 Å². The molecular weight excluding hydrogens is 372 g/mol. The number of rotatable bonds is 8. The van der Waals surface area contributed by atoms with E-state index in [1.807, 2.05) is 24.3 Å².